The van der Waals surface area contributed by atoms with Crippen LogP contribution in [0.3, 0.4) is 0 Å². The first-order chi connectivity index (χ1) is 17.4. The summed E-state index contributed by atoms with van der Waals surface area (Å²) in [5.41, 5.74) is 3.58. The van der Waals surface area contributed by atoms with E-state index >= 15 is 0 Å². The number of pyridine rings is 2. The lowest BCUT2D eigenvalue weighted by atomic mass is 10.1. The molecule has 1 aliphatic rings. The fourth-order valence-corrected chi connectivity index (χ4v) is 6.10. The Morgan fingerprint density at radius 2 is 1.81 bits per heavy atom. The van der Waals surface area contributed by atoms with Gasteiger partial charge in [-0.2, -0.15) is 0 Å². The maximum Gasteiger partial charge on any atom is 0.215 e. The van der Waals surface area contributed by atoms with Crippen molar-refractivity contribution >= 4 is 52.8 Å². The van der Waals surface area contributed by atoms with Gasteiger partial charge < -0.3 is 10.1 Å². The third kappa shape index (κ3) is 6.27. The van der Waals surface area contributed by atoms with Crippen molar-refractivity contribution in [3.8, 4) is 0 Å². The van der Waals surface area contributed by atoms with Crippen molar-refractivity contribution in [1.29, 1.82) is 0 Å². The van der Waals surface area contributed by atoms with E-state index in [9.17, 15) is 0 Å². The van der Waals surface area contributed by atoms with Crippen molar-refractivity contribution < 1.29 is 4.74 Å². The summed E-state index contributed by atoms with van der Waals surface area (Å²) in [7, 11) is -1.18. The number of hydrogen-bond donors (Lipinski definition) is 1. The Labute approximate surface area is 218 Å². The van der Waals surface area contributed by atoms with Crippen molar-refractivity contribution in [2.24, 2.45) is 0 Å². The number of anilines is 4. The lowest BCUT2D eigenvalue weighted by Crippen LogP contribution is -2.26. The van der Waals surface area contributed by atoms with E-state index in [4.69, 9.17) is 9.72 Å². The van der Waals surface area contributed by atoms with E-state index in [1.165, 1.54) is 25.7 Å². The van der Waals surface area contributed by atoms with Gasteiger partial charge in [0.25, 0.3) is 0 Å². The van der Waals surface area contributed by atoms with Crippen LogP contribution < -0.4 is 10.2 Å². The molecule has 0 radical (unpaired) electrons. The molecule has 0 bridgehead atoms. The largest absolute Gasteiger partial charge is 0.361 e. The first-order valence-electron chi connectivity index (χ1n) is 12.7. The Bertz CT molecular complexity index is 1290. The second kappa shape index (κ2) is 11.0. The molecule has 1 fully saturated rings. The summed E-state index contributed by atoms with van der Waals surface area (Å²) < 4.78 is 6.16. The van der Waals surface area contributed by atoms with Gasteiger partial charge in [0.1, 0.15) is 17.6 Å². The summed E-state index contributed by atoms with van der Waals surface area (Å²) in [6.07, 6.45) is 6.81. The Hall–Kier alpha value is -2.88. The highest BCUT2D eigenvalue weighted by Gasteiger charge is 2.24. The summed E-state index contributed by atoms with van der Waals surface area (Å²) in [6.45, 7) is 8.24. The van der Waals surface area contributed by atoms with E-state index < -0.39 is 8.07 Å². The predicted octanol–water partition coefficient (Wildman–Crippen LogP) is 7.33. The van der Waals surface area contributed by atoms with Gasteiger partial charge in [0.2, 0.25) is 5.13 Å². The van der Waals surface area contributed by atoms with Crippen LogP contribution in [-0.4, -0.2) is 41.6 Å². The second-order valence-electron chi connectivity index (χ2n) is 10.6. The Morgan fingerprint density at radius 1 is 1.00 bits per heavy atom. The molecule has 0 saturated heterocycles. The van der Waals surface area contributed by atoms with Crippen LogP contribution in [0.1, 0.15) is 36.6 Å². The molecule has 1 aliphatic carbocycles. The van der Waals surface area contributed by atoms with Crippen molar-refractivity contribution in [3.63, 3.8) is 0 Å². The topological polar surface area (TPSA) is 76.1 Å². The lowest BCUT2D eigenvalue weighted by Gasteiger charge is -2.22. The number of nitrogens with one attached hydrogen (secondary N) is 1. The van der Waals surface area contributed by atoms with E-state index in [0.717, 1.165) is 51.0 Å². The molecule has 36 heavy (non-hydrogen) atoms. The van der Waals surface area contributed by atoms with Crippen LogP contribution in [0.25, 0.3) is 11.0 Å². The zero-order valence-corrected chi connectivity index (χ0v) is 23.1. The number of hydrogen-bond acceptors (Lipinski definition) is 8. The summed E-state index contributed by atoms with van der Waals surface area (Å²) in [5.74, 6) is 1.33. The fourth-order valence-electron chi connectivity index (χ4n) is 4.33. The molecule has 1 N–H and O–H groups in total. The molecule has 5 rings (SSSR count). The van der Waals surface area contributed by atoms with E-state index in [1.54, 1.807) is 11.3 Å². The SMILES string of the molecule is C[Si](C)(C)CCOCN(c1ccc2ncc(Nc3ccccc3)cc2n1)c1nnc(C2CCCC2)s1. The van der Waals surface area contributed by atoms with Crippen molar-refractivity contribution in [1.82, 2.24) is 20.2 Å². The summed E-state index contributed by atoms with van der Waals surface area (Å²) >= 11 is 1.67. The van der Waals surface area contributed by atoms with Gasteiger partial charge in [-0.15, -0.1) is 10.2 Å². The monoisotopic (exact) mass is 518 g/mol. The molecule has 1 aromatic carbocycles. The number of aromatic nitrogens is 4. The summed E-state index contributed by atoms with van der Waals surface area (Å²) in [5, 5.41) is 14.5. The number of para-hydroxylation sites is 1. The average Bonchev–Trinajstić information content (AvgIpc) is 3.56. The van der Waals surface area contributed by atoms with E-state index in [-0.39, 0.29) is 0 Å². The van der Waals surface area contributed by atoms with Crippen LogP contribution in [0.15, 0.2) is 54.7 Å². The standard InChI is InChI=1S/C27H34N6OSSi/c1-36(2,3)16-15-34-19-33(27-32-31-26(35-27)20-9-7-8-10-20)25-14-13-23-24(30-25)17-22(18-28-23)29-21-11-5-4-6-12-21/h4-6,11-14,17-18,20,29H,7-10,15-16,19H2,1-3H3. The molecule has 0 atom stereocenters. The molecular weight excluding hydrogens is 484 g/mol. The number of rotatable bonds is 10. The zero-order chi connectivity index (χ0) is 25.0. The molecule has 0 aliphatic heterocycles. The van der Waals surface area contributed by atoms with E-state index in [2.05, 4.69) is 45.0 Å². The smallest absolute Gasteiger partial charge is 0.215 e. The quantitative estimate of drug-likeness (QED) is 0.134. The van der Waals surface area contributed by atoms with E-state index in [0.29, 0.717) is 12.6 Å². The first-order valence-corrected chi connectivity index (χ1v) is 17.2. The van der Waals surface area contributed by atoms with Crippen LogP contribution in [0, 0.1) is 0 Å². The third-order valence-corrected chi connectivity index (χ3v) is 9.26. The van der Waals surface area contributed by atoms with Gasteiger partial charge in [-0.3, -0.25) is 9.88 Å². The van der Waals surface area contributed by atoms with E-state index in [1.807, 2.05) is 54.7 Å². The number of nitrogens with zero attached hydrogens (tertiary/aromatic N) is 5. The molecule has 9 heteroatoms. The van der Waals surface area contributed by atoms with Crippen molar-refractivity contribution in [2.75, 3.05) is 23.6 Å². The Morgan fingerprint density at radius 3 is 2.58 bits per heavy atom. The molecular formula is C27H34N6OSSi. The predicted molar refractivity (Wildman–Crippen MR) is 151 cm³/mol. The van der Waals surface area contributed by atoms with Crippen molar-refractivity contribution in [2.45, 2.75) is 57.3 Å². The minimum Gasteiger partial charge on any atom is -0.361 e. The van der Waals surface area contributed by atoms with Gasteiger partial charge in [0.15, 0.2) is 0 Å². The molecule has 188 valence electrons. The third-order valence-electron chi connectivity index (χ3n) is 6.44. The minimum atomic E-state index is -1.18. The van der Waals surface area contributed by atoms with Gasteiger partial charge in [-0.25, -0.2) is 4.98 Å². The van der Waals surface area contributed by atoms with Crippen LogP contribution in [0.4, 0.5) is 22.3 Å². The average molecular weight is 519 g/mol. The molecule has 4 aromatic rings. The summed E-state index contributed by atoms with van der Waals surface area (Å²) in [6, 6.07) is 17.3. The molecule has 0 unspecified atom stereocenters. The van der Waals surface area contributed by atoms with Gasteiger partial charge >= 0.3 is 0 Å². The van der Waals surface area contributed by atoms with Crippen LogP contribution >= 0.6 is 11.3 Å². The molecule has 0 spiro atoms. The molecule has 7 nitrogen and oxygen atoms in total. The fraction of sp³-hybridized carbons (Fsp3) is 0.407. The van der Waals surface area contributed by atoms with Gasteiger partial charge in [0, 0.05) is 26.3 Å². The highest BCUT2D eigenvalue weighted by Crippen LogP contribution is 2.38. The lowest BCUT2D eigenvalue weighted by molar-refractivity contribution is 0.153. The zero-order valence-electron chi connectivity index (χ0n) is 21.3. The highest BCUT2D eigenvalue weighted by atomic mass is 32.1. The van der Waals surface area contributed by atoms with Crippen molar-refractivity contribution in [3.05, 3.63) is 59.7 Å². The number of benzene rings is 1. The maximum absolute atomic E-state index is 6.16. The van der Waals surface area contributed by atoms with Gasteiger partial charge in [-0.05, 0) is 49.2 Å². The Balaban J connectivity index is 1.41. The number of ether oxygens (including phenoxy) is 1. The first kappa shape index (κ1) is 24.8. The normalized spacial score (nSPS) is 14.4. The maximum atomic E-state index is 6.16. The summed E-state index contributed by atoms with van der Waals surface area (Å²) in [4.78, 5) is 11.6. The molecule has 0 amide bonds. The Kier molecular flexibility index (Phi) is 7.59. The van der Waals surface area contributed by atoms with Crippen LogP contribution in [0.5, 0.6) is 0 Å². The van der Waals surface area contributed by atoms with Crippen LogP contribution in [0.2, 0.25) is 25.7 Å². The highest BCUT2D eigenvalue weighted by molar-refractivity contribution is 7.15. The molecule has 3 aromatic heterocycles. The second-order valence-corrected chi connectivity index (χ2v) is 17.2. The van der Waals surface area contributed by atoms with Gasteiger partial charge in [-0.1, -0.05) is 62.0 Å². The minimum absolute atomic E-state index is 0.400. The molecule has 1 saturated carbocycles. The number of fused-ring (bicyclic) bond motifs is 1. The molecule has 3 heterocycles. The van der Waals surface area contributed by atoms with Gasteiger partial charge in [0.05, 0.1) is 22.9 Å². The van der Waals surface area contributed by atoms with Crippen LogP contribution in [-0.2, 0) is 4.74 Å².